The molecule has 0 aliphatic heterocycles. The summed E-state index contributed by atoms with van der Waals surface area (Å²) in [6.45, 7) is 10.7. The molecule has 2 amide bonds. The molecule has 2 aromatic carbocycles. The van der Waals surface area contributed by atoms with Gasteiger partial charge in [-0.2, -0.15) is 0 Å². The van der Waals surface area contributed by atoms with Gasteiger partial charge in [-0.25, -0.2) is 0 Å². The Morgan fingerprint density at radius 3 is 2.46 bits per heavy atom. The Balaban J connectivity index is 2.25. The molecular weight excluding hydrogens is 348 g/mol. The molecule has 0 heterocycles. The fourth-order valence-electron chi connectivity index (χ4n) is 2.93. The molecule has 0 saturated carbocycles. The molecule has 28 heavy (non-hydrogen) atoms. The predicted octanol–water partition coefficient (Wildman–Crippen LogP) is 4.42. The van der Waals surface area contributed by atoms with Gasteiger partial charge in [-0.1, -0.05) is 61.9 Å². The fourth-order valence-corrected chi connectivity index (χ4v) is 2.93. The fraction of sp³-hybridized carbons (Fsp3) is 0.333. The van der Waals surface area contributed by atoms with Gasteiger partial charge in [0, 0.05) is 18.7 Å². The number of nitrogens with zero attached hydrogens (tertiary/aromatic N) is 1. The van der Waals surface area contributed by atoms with E-state index < -0.39 is 0 Å². The van der Waals surface area contributed by atoms with Gasteiger partial charge in [0.2, 0.25) is 11.8 Å². The summed E-state index contributed by atoms with van der Waals surface area (Å²) < 4.78 is 0. The van der Waals surface area contributed by atoms with E-state index in [1.54, 1.807) is 6.08 Å². The summed E-state index contributed by atoms with van der Waals surface area (Å²) in [7, 11) is 0. The molecule has 2 rings (SSSR count). The largest absolute Gasteiger partial charge is 0.352 e. The number of anilines is 1. The van der Waals surface area contributed by atoms with Crippen molar-refractivity contribution in [3.8, 4) is 0 Å². The van der Waals surface area contributed by atoms with Crippen LogP contribution >= 0.6 is 0 Å². The Hall–Kier alpha value is -2.88. The van der Waals surface area contributed by atoms with Crippen LogP contribution in [0.15, 0.2) is 61.2 Å². The van der Waals surface area contributed by atoms with Gasteiger partial charge < -0.3 is 10.2 Å². The van der Waals surface area contributed by atoms with Crippen molar-refractivity contribution >= 4 is 17.5 Å². The predicted molar refractivity (Wildman–Crippen MR) is 115 cm³/mol. The number of amides is 2. The van der Waals surface area contributed by atoms with Gasteiger partial charge in [0.15, 0.2) is 0 Å². The Morgan fingerprint density at radius 2 is 1.82 bits per heavy atom. The number of benzene rings is 2. The summed E-state index contributed by atoms with van der Waals surface area (Å²) in [5.41, 5.74) is 3.97. The van der Waals surface area contributed by atoms with Gasteiger partial charge in [0.05, 0.1) is 13.0 Å². The minimum atomic E-state index is -0.0596. The van der Waals surface area contributed by atoms with Crippen LogP contribution in [0.4, 0.5) is 5.69 Å². The van der Waals surface area contributed by atoms with E-state index in [1.807, 2.05) is 49.9 Å². The van der Waals surface area contributed by atoms with Crippen LogP contribution in [0.2, 0.25) is 0 Å². The van der Waals surface area contributed by atoms with E-state index in [1.165, 1.54) is 5.56 Å². The molecule has 148 valence electrons. The van der Waals surface area contributed by atoms with Crippen LogP contribution in [0.1, 0.15) is 37.0 Å². The van der Waals surface area contributed by atoms with E-state index in [0.29, 0.717) is 19.5 Å². The summed E-state index contributed by atoms with van der Waals surface area (Å²) in [6, 6.07) is 15.9. The molecule has 0 atom stereocenters. The molecule has 0 aliphatic rings. The van der Waals surface area contributed by atoms with E-state index in [2.05, 4.69) is 36.2 Å². The molecule has 0 aliphatic carbocycles. The minimum Gasteiger partial charge on any atom is -0.352 e. The van der Waals surface area contributed by atoms with Gasteiger partial charge in [-0.05, 0) is 36.1 Å². The normalized spacial score (nSPS) is 10.6. The molecule has 1 N–H and O–H groups in total. The zero-order chi connectivity index (χ0) is 20.5. The Labute approximate surface area is 168 Å². The molecule has 0 saturated heterocycles. The Morgan fingerprint density at radius 1 is 1.11 bits per heavy atom. The second-order valence-corrected chi connectivity index (χ2v) is 7.50. The van der Waals surface area contributed by atoms with Crippen molar-refractivity contribution in [3.63, 3.8) is 0 Å². The number of hydrogen-bond donors (Lipinski definition) is 1. The number of hydrogen-bond acceptors (Lipinski definition) is 2. The van der Waals surface area contributed by atoms with Crippen molar-refractivity contribution in [1.82, 2.24) is 5.32 Å². The second kappa shape index (κ2) is 10.5. The highest BCUT2D eigenvalue weighted by atomic mass is 16.2. The van der Waals surface area contributed by atoms with Crippen LogP contribution in [-0.4, -0.2) is 18.4 Å². The SMILES string of the molecule is C=CCNC(=O)Cc1cccc(N(Cc2ccc(C)cc2)C(=O)CC(C)C)c1. The number of carbonyl (C=O) groups is 2. The standard InChI is InChI=1S/C24H30N2O2/c1-5-13-25-23(27)16-21-7-6-8-22(15-21)26(24(28)14-18(2)3)17-20-11-9-19(4)10-12-20/h5-12,15,18H,1,13-14,16-17H2,2-4H3,(H,25,27). The van der Waals surface area contributed by atoms with E-state index >= 15 is 0 Å². The van der Waals surface area contributed by atoms with Crippen LogP contribution in [0.5, 0.6) is 0 Å². The summed E-state index contributed by atoms with van der Waals surface area (Å²) in [5.74, 6) is 0.306. The quantitative estimate of drug-likeness (QED) is 0.657. The highest BCUT2D eigenvalue weighted by Gasteiger charge is 2.18. The molecule has 0 aromatic heterocycles. The summed E-state index contributed by atoms with van der Waals surface area (Å²) in [6.07, 6.45) is 2.41. The van der Waals surface area contributed by atoms with Gasteiger partial charge in [0.25, 0.3) is 0 Å². The number of carbonyl (C=O) groups excluding carboxylic acids is 2. The third kappa shape index (κ3) is 6.69. The van der Waals surface area contributed by atoms with E-state index in [-0.39, 0.29) is 24.2 Å². The lowest BCUT2D eigenvalue weighted by Crippen LogP contribution is -2.31. The molecular formula is C24H30N2O2. The van der Waals surface area contributed by atoms with Crippen LogP contribution in [0.25, 0.3) is 0 Å². The van der Waals surface area contributed by atoms with Crippen LogP contribution < -0.4 is 10.2 Å². The Kier molecular flexibility index (Phi) is 8.00. The zero-order valence-corrected chi connectivity index (χ0v) is 17.1. The van der Waals surface area contributed by atoms with E-state index in [4.69, 9.17) is 0 Å². The van der Waals surface area contributed by atoms with Crippen molar-refractivity contribution in [2.45, 2.75) is 40.2 Å². The van der Waals surface area contributed by atoms with Crippen LogP contribution in [0.3, 0.4) is 0 Å². The first-order valence-electron chi connectivity index (χ1n) is 9.71. The second-order valence-electron chi connectivity index (χ2n) is 7.50. The molecule has 0 radical (unpaired) electrons. The van der Waals surface area contributed by atoms with Gasteiger partial charge >= 0.3 is 0 Å². The maximum Gasteiger partial charge on any atom is 0.227 e. The lowest BCUT2D eigenvalue weighted by atomic mass is 10.1. The van der Waals surface area contributed by atoms with Crippen LogP contribution in [-0.2, 0) is 22.6 Å². The molecule has 2 aromatic rings. The molecule has 0 unspecified atom stereocenters. The third-order valence-corrected chi connectivity index (χ3v) is 4.38. The maximum atomic E-state index is 12.9. The molecule has 0 bridgehead atoms. The lowest BCUT2D eigenvalue weighted by Gasteiger charge is -2.24. The highest BCUT2D eigenvalue weighted by molar-refractivity contribution is 5.93. The number of aryl methyl sites for hydroxylation is 1. The third-order valence-electron chi connectivity index (χ3n) is 4.38. The Bertz CT molecular complexity index is 810. The zero-order valence-electron chi connectivity index (χ0n) is 17.1. The molecule has 0 fully saturated rings. The van der Waals surface area contributed by atoms with Gasteiger partial charge in [-0.3, -0.25) is 9.59 Å². The van der Waals surface area contributed by atoms with E-state index in [0.717, 1.165) is 16.8 Å². The van der Waals surface area contributed by atoms with Crippen molar-refractivity contribution in [2.24, 2.45) is 5.92 Å². The molecule has 4 nitrogen and oxygen atoms in total. The summed E-state index contributed by atoms with van der Waals surface area (Å²) in [5, 5.41) is 2.79. The van der Waals surface area contributed by atoms with E-state index in [9.17, 15) is 9.59 Å². The van der Waals surface area contributed by atoms with Gasteiger partial charge in [-0.15, -0.1) is 6.58 Å². The van der Waals surface area contributed by atoms with Crippen molar-refractivity contribution in [3.05, 3.63) is 77.9 Å². The first kappa shape index (κ1) is 21.4. The number of nitrogens with one attached hydrogen (secondary N) is 1. The smallest absolute Gasteiger partial charge is 0.227 e. The first-order valence-corrected chi connectivity index (χ1v) is 9.71. The average molecular weight is 379 g/mol. The molecule has 0 spiro atoms. The summed E-state index contributed by atoms with van der Waals surface area (Å²) in [4.78, 5) is 26.8. The van der Waals surface area contributed by atoms with Crippen molar-refractivity contribution in [1.29, 1.82) is 0 Å². The summed E-state index contributed by atoms with van der Waals surface area (Å²) >= 11 is 0. The van der Waals surface area contributed by atoms with Crippen molar-refractivity contribution < 1.29 is 9.59 Å². The maximum absolute atomic E-state index is 12.9. The first-order chi connectivity index (χ1) is 13.4. The van der Waals surface area contributed by atoms with Crippen molar-refractivity contribution in [2.75, 3.05) is 11.4 Å². The average Bonchev–Trinajstić information content (AvgIpc) is 2.65. The lowest BCUT2D eigenvalue weighted by molar-refractivity contribution is -0.120. The molecule has 4 heteroatoms. The van der Waals surface area contributed by atoms with Crippen LogP contribution in [0, 0.1) is 12.8 Å². The minimum absolute atomic E-state index is 0.0596. The van der Waals surface area contributed by atoms with Gasteiger partial charge in [0.1, 0.15) is 0 Å². The topological polar surface area (TPSA) is 49.4 Å². The monoisotopic (exact) mass is 378 g/mol. The number of rotatable bonds is 9. The highest BCUT2D eigenvalue weighted by Crippen LogP contribution is 2.22.